The van der Waals surface area contributed by atoms with Crippen molar-refractivity contribution in [3.63, 3.8) is 0 Å². The molecule has 0 aliphatic heterocycles. The van der Waals surface area contributed by atoms with E-state index in [1.54, 1.807) is 0 Å². The highest BCUT2D eigenvalue weighted by molar-refractivity contribution is 5.31. The van der Waals surface area contributed by atoms with E-state index in [-0.39, 0.29) is 0 Å². The van der Waals surface area contributed by atoms with Crippen molar-refractivity contribution >= 4 is 0 Å². The van der Waals surface area contributed by atoms with Crippen LogP contribution in [0.1, 0.15) is 61.6 Å². The van der Waals surface area contributed by atoms with E-state index in [1.807, 2.05) is 0 Å². The van der Waals surface area contributed by atoms with Crippen molar-refractivity contribution in [2.24, 2.45) is 11.7 Å². The first kappa shape index (κ1) is 14.6. The molecule has 1 aliphatic rings. The Morgan fingerprint density at radius 1 is 1.16 bits per heavy atom. The lowest BCUT2D eigenvalue weighted by molar-refractivity contribution is 0.323. The van der Waals surface area contributed by atoms with Gasteiger partial charge in [-0.3, -0.25) is 0 Å². The third-order valence-corrected chi connectivity index (χ3v) is 4.66. The van der Waals surface area contributed by atoms with Crippen molar-refractivity contribution < 1.29 is 0 Å². The third kappa shape index (κ3) is 4.65. The van der Waals surface area contributed by atoms with E-state index < -0.39 is 0 Å². The van der Waals surface area contributed by atoms with Crippen LogP contribution in [0.4, 0.5) is 0 Å². The van der Waals surface area contributed by atoms with Crippen LogP contribution < -0.4 is 5.73 Å². The lowest BCUT2D eigenvalue weighted by Gasteiger charge is -2.23. The number of hydrogen-bond acceptors (Lipinski definition) is 1. The molecule has 0 radical (unpaired) electrons. The average Bonchev–Trinajstić information content (AvgIpc) is 2.42. The highest BCUT2D eigenvalue weighted by Gasteiger charge is 2.15. The molecule has 1 atom stereocenters. The molecule has 0 saturated heterocycles. The van der Waals surface area contributed by atoms with Crippen LogP contribution >= 0.6 is 0 Å². The quantitative estimate of drug-likeness (QED) is 0.825. The SMILES string of the molecule is Cc1ccc(C)c(CC(N)CCC2CCCCC2)c1. The molecule has 1 saturated carbocycles. The summed E-state index contributed by atoms with van der Waals surface area (Å²) in [5.74, 6) is 0.957. The van der Waals surface area contributed by atoms with Crippen LogP contribution in [0.15, 0.2) is 18.2 Å². The first-order chi connectivity index (χ1) is 9.15. The molecule has 2 rings (SSSR count). The summed E-state index contributed by atoms with van der Waals surface area (Å²) in [4.78, 5) is 0. The molecule has 1 nitrogen and oxygen atoms in total. The van der Waals surface area contributed by atoms with Crippen molar-refractivity contribution in [3.05, 3.63) is 34.9 Å². The third-order valence-electron chi connectivity index (χ3n) is 4.66. The zero-order chi connectivity index (χ0) is 13.7. The molecule has 0 amide bonds. The van der Waals surface area contributed by atoms with Gasteiger partial charge < -0.3 is 5.73 Å². The predicted octanol–water partition coefficient (Wildman–Crippen LogP) is 4.53. The largest absolute Gasteiger partial charge is 0.327 e. The first-order valence-corrected chi connectivity index (χ1v) is 7.97. The topological polar surface area (TPSA) is 26.0 Å². The second-order valence-electron chi connectivity index (χ2n) is 6.48. The molecular weight excluding hydrogens is 230 g/mol. The van der Waals surface area contributed by atoms with Gasteiger partial charge in [0.15, 0.2) is 0 Å². The van der Waals surface area contributed by atoms with E-state index in [4.69, 9.17) is 5.73 Å². The Morgan fingerprint density at radius 3 is 2.63 bits per heavy atom. The molecule has 106 valence electrons. The number of aryl methyl sites for hydroxylation is 2. The highest BCUT2D eigenvalue weighted by Crippen LogP contribution is 2.28. The molecule has 1 heteroatoms. The Balaban J connectivity index is 1.80. The van der Waals surface area contributed by atoms with Crippen molar-refractivity contribution in [1.29, 1.82) is 0 Å². The molecule has 0 heterocycles. The number of hydrogen-bond donors (Lipinski definition) is 1. The van der Waals surface area contributed by atoms with Crippen molar-refractivity contribution in [3.8, 4) is 0 Å². The fraction of sp³-hybridized carbons (Fsp3) is 0.667. The van der Waals surface area contributed by atoms with Crippen molar-refractivity contribution in [1.82, 2.24) is 0 Å². The van der Waals surface area contributed by atoms with Gasteiger partial charge in [-0.1, -0.05) is 55.9 Å². The van der Waals surface area contributed by atoms with Gasteiger partial charge in [-0.2, -0.15) is 0 Å². The van der Waals surface area contributed by atoms with E-state index in [0.717, 1.165) is 12.3 Å². The molecule has 1 aliphatic carbocycles. The number of rotatable bonds is 5. The molecular formula is C18H29N. The normalized spacial score (nSPS) is 18.5. The number of nitrogens with two attached hydrogens (primary N) is 1. The standard InChI is InChI=1S/C18H29N/c1-14-8-9-15(2)17(12-14)13-18(19)11-10-16-6-4-3-5-7-16/h8-9,12,16,18H,3-7,10-11,13,19H2,1-2H3. The van der Waals surface area contributed by atoms with Gasteiger partial charge in [0, 0.05) is 6.04 Å². The Labute approximate surface area is 118 Å². The second kappa shape index (κ2) is 7.09. The fourth-order valence-electron chi connectivity index (χ4n) is 3.33. The highest BCUT2D eigenvalue weighted by atomic mass is 14.6. The maximum atomic E-state index is 6.34. The molecule has 0 aromatic heterocycles. The van der Waals surface area contributed by atoms with Crippen LogP contribution in [-0.2, 0) is 6.42 Å². The van der Waals surface area contributed by atoms with E-state index in [0.29, 0.717) is 6.04 Å². The van der Waals surface area contributed by atoms with Gasteiger partial charge in [-0.15, -0.1) is 0 Å². The first-order valence-electron chi connectivity index (χ1n) is 7.97. The lowest BCUT2D eigenvalue weighted by Crippen LogP contribution is -2.24. The van der Waals surface area contributed by atoms with Crippen molar-refractivity contribution in [2.45, 2.75) is 71.3 Å². The summed E-state index contributed by atoms with van der Waals surface area (Å²) in [7, 11) is 0. The van der Waals surface area contributed by atoms with Crippen molar-refractivity contribution in [2.75, 3.05) is 0 Å². The minimum Gasteiger partial charge on any atom is -0.327 e. The molecule has 1 aromatic rings. The summed E-state index contributed by atoms with van der Waals surface area (Å²) in [5.41, 5.74) is 10.5. The molecule has 0 spiro atoms. The fourth-order valence-corrected chi connectivity index (χ4v) is 3.33. The maximum absolute atomic E-state index is 6.34. The Morgan fingerprint density at radius 2 is 1.89 bits per heavy atom. The van der Waals surface area contributed by atoms with Gasteiger partial charge in [0.1, 0.15) is 0 Å². The lowest BCUT2D eigenvalue weighted by atomic mass is 9.84. The van der Waals surface area contributed by atoms with Gasteiger partial charge >= 0.3 is 0 Å². The van der Waals surface area contributed by atoms with E-state index in [9.17, 15) is 0 Å². The van der Waals surface area contributed by atoms with Crippen LogP contribution in [-0.4, -0.2) is 6.04 Å². The molecule has 1 aromatic carbocycles. The minimum absolute atomic E-state index is 0.336. The Bertz CT molecular complexity index is 391. The summed E-state index contributed by atoms with van der Waals surface area (Å²) >= 11 is 0. The van der Waals surface area contributed by atoms with Crippen LogP contribution in [0.5, 0.6) is 0 Å². The van der Waals surface area contributed by atoms with E-state index in [2.05, 4.69) is 32.0 Å². The van der Waals surface area contributed by atoms with Gasteiger partial charge in [0.05, 0.1) is 0 Å². The smallest absolute Gasteiger partial charge is 0.00795 e. The van der Waals surface area contributed by atoms with Crippen LogP contribution in [0.2, 0.25) is 0 Å². The van der Waals surface area contributed by atoms with Crippen LogP contribution in [0.3, 0.4) is 0 Å². The zero-order valence-electron chi connectivity index (χ0n) is 12.6. The van der Waals surface area contributed by atoms with Gasteiger partial charge in [-0.25, -0.2) is 0 Å². The molecule has 2 N–H and O–H groups in total. The summed E-state index contributed by atoms with van der Waals surface area (Å²) in [6.45, 7) is 4.36. The molecule has 19 heavy (non-hydrogen) atoms. The van der Waals surface area contributed by atoms with Crippen LogP contribution in [0, 0.1) is 19.8 Å². The average molecular weight is 259 g/mol. The Kier molecular flexibility index (Phi) is 5.45. The summed E-state index contributed by atoms with van der Waals surface area (Å²) < 4.78 is 0. The molecule has 0 bridgehead atoms. The van der Waals surface area contributed by atoms with Gasteiger partial charge in [0.2, 0.25) is 0 Å². The predicted molar refractivity (Wildman–Crippen MR) is 83.4 cm³/mol. The molecule has 1 unspecified atom stereocenters. The summed E-state index contributed by atoms with van der Waals surface area (Å²) in [5, 5.41) is 0. The van der Waals surface area contributed by atoms with Gasteiger partial charge in [-0.05, 0) is 50.2 Å². The summed E-state index contributed by atoms with van der Waals surface area (Å²) in [6, 6.07) is 7.04. The van der Waals surface area contributed by atoms with Crippen LogP contribution in [0.25, 0.3) is 0 Å². The minimum atomic E-state index is 0.336. The van der Waals surface area contributed by atoms with E-state index in [1.165, 1.54) is 61.6 Å². The van der Waals surface area contributed by atoms with E-state index >= 15 is 0 Å². The summed E-state index contributed by atoms with van der Waals surface area (Å²) in [6.07, 6.45) is 10.8. The second-order valence-corrected chi connectivity index (χ2v) is 6.48. The van der Waals surface area contributed by atoms with Gasteiger partial charge in [0.25, 0.3) is 0 Å². The molecule has 1 fully saturated rings. The number of benzene rings is 1. The monoisotopic (exact) mass is 259 g/mol. The zero-order valence-corrected chi connectivity index (χ0v) is 12.6. The maximum Gasteiger partial charge on any atom is 0.00795 e. The Hall–Kier alpha value is -0.820.